The molecule has 4 N–H and O–H groups in total. The Hall–Kier alpha value is -4.04. The van der Waals surface area contributed by atoms with Crippen molar-refractivity contribution in [3.05, 3.63) is 72.3 Å². The summed E-state index contributed by atoms with van der Waals surface area (Å²) in [5.74, 6) is 1.72. The number of hydrogen-bond donors (Lipinski definition) is 3. The summed E-state index contributed by atoms with van der Waals surface area (Å²) < 4.78 is 5.33. The van der Waals surface area contributed by atoms with E-state index in [0.717, 1.165) is 44.8 Å². The number of aromatic hydroxyl groups is 1. The monoisotopic (exact) mass is 530 g/mol. The number of nitrogens with one attached hydrogen (secondary N) is 1. The minimum Gasteiger partial charge on any atom is -0.506 e. The van der Waals surface area contributed by atoms with Gasteiger partial charge in [0.25, 0.3) is 0 Å². The van der Waals surface area contributed by atoms with E-state index in [9.17, 15) is 9.59 Å². The van der Waals surface area contributed by atoms with Gasteiger partial charge in [-0.1, -0.05) is 36.4 Å². The highest BCUT2D eigenvalue weighted by atomic mass is 16.5. The molecule has 0 atom stereocenters. The average molecular weight is 531 g/mol. The number of anilines is 2. The molecule has 2 aliphatic heterocycles. The fraction of sp³-hybridized carbons (Fsp3) is 0.355. The Morgan fingerprint density at radius 2 is 1.72 bits per heavy atom. The van der Waals surface area contributed by atoms with Crippen molar-refractivity contribution in [2.75, 3.05) is 50.9 Å². The number of piperidine rings is 1. The number of hydrogen-bond acceptors (Lipinski definition) is 6. The molecule has 206 valence electrons. The number of amides is 2. The molecular formula is C31H38N4O4. The predicted molar refractivity (Wildman–Crippen MR) is 155 cm³/mol. The number of carbonyl (C=O) groups excluding carboxylic acids is 2. The van der Waals surface area contributed by atoms with Gasteiger partial charge in [0.1, 0.15) is 11.5 Å². The van der Waals surface area contributed by atoms with Gasteiger partial charge in [0, 0.05) is 24.8 Å². The third kappa shape index (κ3) is 7.74. The van der Waals surface area contributed by atoms with E-state index in [1.165, 1.54) is 41.7 Å². The molecule has 0 radical (unpaired) electrons. The molecule has 0 bridgehead atoms. The highest BCUT2D eigenvalue weighted by Gasteiger charge is 2.25. The minimum absolute atomic E-state index is 0.0307. The van der Waals surface area contributed by atoms with Crippen LogP contribution in [-0.4, -0.2) is 67.1 Å². The maximum Gasteiger partial charge on any atom is 0.236 e. The van der Waals surface area contributed by atoms with Gasteiger partial charge in [-0.15, -0.1) is 0 Å². The summed E-state index contributed by atoms with van der Waals surface area (Å²) in [5, 5.41) is 11.4. The van der Waals surface area contributed by atoms with Crippen molar-refractivity contribution in [3.8, 4) is 22.6 Å². The Morgan fingerprint density at radius 3 is 2.36 bits per heavy atom. The summed E-state index contributed by atoms with van der Waals surface area (Å²) >= 11 is 0. The quantitative estimate of drug-likeness (QED) is 0.232. The predicted octanol–water partition coefficient (Wildman–Crippen LogP) is 4.71. The maximum atomic E-state index is 12.5. The van der Waals surface area contributed by atoms with Crippen molar-refractivity contribution in [3.63, 3.8) is 0 Å². The lowest BCUT2D eigenvalue weighted by molar-refractivity contribution is -0.133. The first-order chi connectivity index (χ1) is 19.0. The second kappa shape index (κ2) is 13.7. The normalized spacial score (nSPS) is 15.8. The molecule has 2 fully saturated rings. The molecule has 3 aromatic rings. The Kier molecular flexibility index (Phi) is 9.80. The van der Waals surface area contributed by atoms with Crippen LogP contribution in [0.2, 0.25) is 0 Å². The van der Waals surface area contributed by atoms with Crippen LogP contribution in [0.3, 0.4) is 0 Å². The Balaban J connectivity index is 0.000000270. The molecule has 3 aromatic carbocycles. The second-order valence-corrected chi connectivity index (χ2v) is 10.0. The van der Waals surface area contributed by atoms with Gasteiger partial charge < -0.3 is 25.8 Å². The van der Waals surface area contributed by atoms with Crippen LogP contribution in [0.25, 0.3) is 11.1 Å². The molecule has 2 amide bonds. The highest BCUT2D eigenvalue weighted by Crippen LogP contribution is 2.31. The van der Waals surface area contributed by atoms with Gasteiger partial charge in [0.05, 0.1) is 19.3 Å². The van der Waals surface area contributed by atoms with Crippen LogP contribution in [0, 0.1) is 0 Å². The third-order valence-corrected chi connectivity index (χ3v) is 7.45. The van der Waals surface area contributed by atoms with E-state index in [2.05, 4.69) is 51.5 Å². The van der Waals surface area contributed by atoms with Crippen molar-refractivity contribution in [1.29, 1.82) is 0 Å². The number of phenols is 1. The van der Waals surface area contributed by atoms with E-state index in [4.69, 9.17) is 15.6 Å². The van der Waals surface area contributed by atoms with Gasteiger partial charge in [-0.3, -0.25) is 14.5 Å². The number of ether oxygens (including phenoxy) is 1. The summed E-state index contributed by atoms with van der Waals surface area (Å²) in [6.45, 7) is 4.55. The maximum absolute atomic E-state index is 12.5. The first-order valence-electron chi connectivity index (χ1n) is 13.5. The van der Waals surface area contributed by atoms with E-state index in [1.54, 1.807) is 13.2 Å². The zero-order valence-corrected chi connectivity index (χ0v) is 22.5. The van der Waals surface area contributed by atoms with Crippen LogP contribution in [-0.2, 0) is 9.59 Å². The molecule has 2 heterocycles. The Morgan fingerprint density at radius 1 is 1.00 bits per heavy atom. The molecule has 0 aromatic heterocycles. The van der Waals surface area contributed by atoms with Crippen LogP contribution in [0.15, 0.2) is 66.7 Å². The highest BCUT2D eigenvalue weighted by molar-refractivity contribution is 5.78. The molecule has 5 rings (SSSR count). The zero-order chi connectivity index (χ0) is 27.6. The lowest BCUT2D eigenvalue weighted by atomic mass is 9.88. The van der Waals surface area contributed by atoms with Crippen LogP contribution < -0.4 is 15.8 Å². The van der Waals surface area contributed by atoms with Crippen LogP contribution in [0.4, 0.5) is 11.4 Å². The van der Waals surface area contributed by atoms with Gasteiger partial charge in [-0.25, -0.2) is 0 Å². The zero-order valence-electron chi connectivity index (χ0n) is 22.5. The van der Waals surface area contributed by atoms with E-state index < -0.39 is 0 Å². The summed E-state index contributed by atoms with van der Waals surface area (Å²) in [4.78, 5) is 26.8. The summed E-state index contributed by atoms with van der Waals surface area (Å²) in [6.07, 6.45) is 5.13. The van der Waals surface area contributed by atoms with Crippen LogP contribution in [0.1, 0.15) is 37.2 Å². The summed E-state index contributed by atoms with van der Waals surface area (Å²) in [7, 11) is 1.70. The molecule has 0 unspecified atom stereocenters. The van der Waals surface area contributed by atoms with E-state index >= 15 is 0 Å². The molecule has 2 saturated heterocycles. The molecule has 0 saturated carbocycles. The van der Waals surface area contributed by atoms with Crippen molar-refractivity contribution < 1.29 is 19.4 Å². The van der Waals surface area contributed by atoms with E-state index in [1.807, 2.05) is 12.1 Å². The van der Waals surface area contributed by atoms with E-state index in [-0.39, 0.29) is 5.75 Å². The molecule has 8 nitrogen and oxygen atoms in total. The van der Waals surface area contributed by atoms with Gasteiger partial charge in [-0.2, -0.15) is 0 Å². The van der Waals surface area contributed by atoms with Crippen LogP contribution >= 0.6 is 0 Å². The van der Waals surface area contributed by atoms with Gasteiger partial charge in [0.15, 0.2) is 0 Å². The molecule has 8 heteroatoms. The fourth-order valence-electron chi connectivity index (χ4n) is 5.15. The van der Waals surface area contributed by atoms with Gasteiger partial charge >= 0.3 is 0 Å². The number of rotatable bonds is 7. The molecule has 39 heavy (non-hydrogen) atoms. The largest absolute Gasteiger partial charge is 0.506 e. The number of carbonyl (C=O) groups is 2. The third-order valence-electron chi connectivity index (χ3n) is 7.45. The van der Waals surface area contributed by atoms with Gasteiger partial charge in [-0.05, 0) is 85.6 Å². The minimum atomic E-state index is -0.0307. The summed E-state index contributed by atoms with van der Waals surface area (Å²) in [5.41, 5.74) is 9.90. The standard InChI is InChI=1S/C24H30N2O2.C7H8N2O2/c1-28-23-6-4-5-22(17-23)20-9-7-19(8-10-20)21-11-15-26(16-12-21)24(27)18-25-13-2-3-14-25;8-6-2-1-5(9-4-10)3-7(6)11/h4-10,17,21H,2-3,11-16,18H2,1H3;1-4,11H,8H2,(H,9,10). The van der Waals surface area contributed by atoms with Crippen molar-refractivity contribution in [2.45, 2.75) is 31.6 Å². The number of likely N-dealkylation sites (tertiary alicyclic amines) is 2. The van der Waals surface area contributed by atoms with Crippen LogP contribution in [0.5, 0.6) is 11.5 Å². The first-order valence-corrected chi connectivity index (χ1v) is 13.5. The second-order valence-electron chi connectivity index (χ2n) is 10.0. The number of nitrogens with two attached hydrogens (primary N) is 1. The van der Waals surface area contributed by atoms with Crippen molar-refractivity contribution in [2.24, 2.45) is 0 Å². The molecule has 2 aliphatic rings. The smallest absolute Gasteiger partial charge is 0.236 e. The SMILES string of the molecule is COc1cccc(-c2ccc(C3CCN(C(=O)CN4CCCC4)CC3)cc2)c1.Nc1ccc(NC=O)cc1O. The number of nitrogens with zero attached hydrogens (tertiary/aromatic N) is 2. The van der Waals surface area contributed by atoms with Crippen molar-refractivity contribution >= 4 is 23.7 Å². The lowest BCUT2D eigenvalue weighted by Gasteiger charge is -2.33. The topological polar surface area (TPSA) is 108 Å². The van der Waals surface area contributed by atoms with Gasteiger partial charge in [0.2, 0.25) is 12.3 Å². The number of nitrogen functional groups attached to an aromatic ring is 1. The number of phenolic OH excluding ortho intramolecular Hbond substituents is 1. The van der Waals surface area contributed by atoms with E-state index in [0.29, 0.717) is 36.2 Å². The Labute approximate surface area is 230 Å². The Bertz CT molecular complexity index is 1230. The first kappa shape index (κ1) is 28.0. The fourth-order valence-corrected chi connectivity index (χ4v) is 5.15. The molecule has 0 aliphatic carbocycles. The average Bonchev–Trinajstić information content (AvgIpc) is 3.49. The molecule has 0 spiro atoms. The van der Waals surface area contributed by atoms with Crippen molar-refractivity contribution in [1.82, 2.24) is 9.80 Å². The number of benzene rings is 3. The summed E-state index contributed by atoms with van der Waals surface area (Å²) in [6, 6.07) is 21.6. The lowest BCUT2D eigenvalue weighted by Crippen LogP contribution is -2.43. The number of methoxy groups -OCH3 is 1. The molecular weight excluding hydrogens is 492 g/mol.